The molecule has 1 atom stereocenters. The van der Waals surface area contributed by atoms with Crippen molar-refractivity contribution in [1.29, 1.82) is 0 Å². The fraction of sp³-hybridized carbons (Fsp3) is 0.368. The molecule has 0 saturated carbocycles. The van der Waals surface area contributed by atoms with E-state index in [2.05, 4.69) is 9.97 Å². The topological polar surface area (TPSA) is 72.4 Å². The van der Waals surface area contributed by atoms with Crippen molar-refractivity contribution in [3.8, 4) is 0 Å². The quantitative estimate of drug-likeness (QED) is 0.804. The molecular formula is C19H21N3O3. The van der Waals surface area contributed by atoms with E-state index >= 15 is 0 Å². The Balaban J connectivity index is 1.91. The van der Waals surface area contributed by atoms with Gasteiger partial charge in [-0.1, -0.05) is 18.9 Å². The van der Waals surface area contributed by atoms with Crippen LogP contribution in [0.25, 0.3) is 0 Å². The van der Waals surface area contributed by atoms with Crippen LogP contribution in [0.2, 0.25) is 0 Å². The minimum atomic E-state index is -0.545. The molecule has 2 aromatic rings. The summed E-state index contributed by atoms with van der Waals surface area (Å²) in [5, 5.41) is 0. The summed E-state index contributed by atoms with van der Waals surface area (Å²) >= 11 is 0. The maximum absolute atomic E-state index is 13.1. The Labute approximate surface area is 146 Å². The molecule has 3 rings (SSSR count). The number of carbonyl (C=O) groups excluding carboxylic acids is 2. The average molecular weight is 339 g/mol. The van der Waals surface area contributed by atoms with Crippen LogP contribution in [0.1, 0.15) is 58.3 Å². The van der Waals surface area contributed by atoms with Crippen LogP contribution in [0.3, 0.4) is 0 Å². The average Bonchev–Trinajstić information content (AvgIpc) is 2.93. The van der Waals surface area contributed by atoms with Crippen molar-refractivity contribution in [2.24, 2.45) is 0 Å². The number of ether oxygens (including phenoxy) is 1. The molecule has 0 radical (unpaired) electrons. The number of amides is 1. The van der Waals surface area contributed by atoms with E-state index in [9.17, 15) is 9.59 Å². The first-order chi connectivity index (χ1) is 12.2. The summed E-state index contributed by atoms with van der Waals surface area (Å²) in [4.78, 5) is 34.9. The molecule has 1 fully saturated rings. The first-order valence-corrected chi connectivity index (χ1v) is 8.47. The Morgan fingerprint density at radius 3 is 2.60 bits per heavy atom. The van der Waals surface area contributed by atoms with Gasteiger partial charge in [0.2, 0.25) is 0 Å². The minimum absolute atomic E-state index is 0.00147. The van der Waals surface area contributed by atoms with Crippen LogP contribution in [0.15, 0.2) is 42.7 Å². The van der Waals surface area contributed by atoms with Gasteiger partial charge in [0.25, 0.3) is 5.91 Å². The third kappa shape index (κ3) is 3.84. The molecule has 1 aliphatic rings. The zero-order chi connectivity index (χ0) is 17.6. The van der Waals surface area contributed by atoms with E-state index in [1.165, 1.54) is 7.11 Å². The molecule has 3 heterocycles. The highest BCUT2D eigenvalue weighted by Gasteiger charge is 2.28. The summed E-state index contributed by atoms with van der Waals surface area (Å²) in [5.41, 5.74) is 1.49. The van der Waals surface area contributed by atoms with E-state index in [4.69, 9.17) is 4.74 Å². The molecule has 0 aliphatic carbocycles. The number of pyridine rings is 2. The van der Waals surface area contributed by atoms with Crippen LogP contribution in [0, 0.1) is 0 Å². The second kappa shape index (κ2) is 7.88. The van der Waals surface area contributed by atoms with Gasteiger partial charge in [0.15, 0.2) is 0 Å². The number of hydrogen-bond acceptors (Lipinski definition) is 5. The molecule has 0 unspecified atom stereocenters. The van der Waals surface area contributed by atoms with Gasteiger partial charge in [-0.2, -0.15) is 0 Å². The predicted octanol–water partition coefficient (Wildman–Crippen LogP) is 3.02. The van der Waals surface area contributed by atoms with Crippen molar-refractivity contribution in [3.63, 3.8) is 0 Å². The number of aromatic nitrogens is 2. The standard InChI is InChI=1S/C19H21N3O3/c1-25-19(24)16-7-5-6-15(21-16)18(23)22-13-4-2-3-8-17(22)14-9-11-20-12-10-14/h5-7,9-12,17H,2-4,8,13H2,1H3/t17-/m1/s1. The largest absolute Gasteiger partial charge is 0.464 e. The maximum atomic E-state index is 13.1. The smallest absolute Gasteiger partial charge is 0.356 e. The normalized spacial score (nSPS) is 17.6. The SMILES string of the molecule is COC(=O)c1cccc(C(=O)N2CCCCC[C@@H]2c2ccncc2)n1. The number of hydrogen-bond donors (Lipinski definition) is 0. The van der Waals surface area contributed by atoms with Gasteiger partial charge in [-0.05, 0) is 42.7 Å². The van der Waals surface area contributed by atoms with Gasteiger partial charge in [0.05, 0.1) is 13.2 Å². The van der Waals surface area contributed by atoms with Crippen LogP contribution in [-0.4, -0.2) is 40.4 Å². The second-order valence-electron chi connectivity index (χ2n) is 6.04. The second-order valence-corrected chi connectivity index (χ2v) is 6.04. The number of carbonyl (C=O) groups is 2. The van der Waals surface area contributed by atoms with Gasteiger partial charge in [-0.25, -0.2) is 9.78 Å². The van der Waals surface area contributed by atoms with Crippen molar-refractivity contribution in [2.45, 2.75) is 31.7 Å². The minimum Gasteiger partial charge on any atom is -0.464 e. The predicted molar refractivity (Wildman–Crippen MR) is 92.1 cm³/mol. The number of methoxy groups -OCH3 is 1. The molecule has 0 bridgehead atoms. The molecular weight excluding hydrogens is 318 g/mol. The van der Waals surface area contributed by atoms with E-state index < -0.39 is 5.97 Å². The molecule has 1 aliphatic heterocycles. The van der Waals surface area contributed by atoms with Crippen molar-refractivity contribution in [1.82, 2.24) is 14.9 Å². The molecule has 0 N–H and O–H groups in total. The highest BCUT2D eigenvalue weighted by Crippen LogP contribution is 2.30. The molecule has 2 aromatic heterocycles. The van der Waals surface area contributed by atoms with E-state index in [-0.39, 0.29) is 23.3 Å². The van der Waals surface area contributed by atoms with Gasteiger partial charge in [0.1, 0.15) is 11.4 Å². The molecule has 25 heavy (non-hydrogen) atoms. The molecule has 0 aromatic carbocycles. The maximum Gasteiger partial charge on any atom is 0.356 e. The Hall–Kier alpha value is -2.76. The van der Waals surface area contributed by atoms with Crippen LogP contribution >= 0.6 is 0 Å². The lowest BCUT2D eigenvalue weighted by atomic mass is 10.0. The lowest BCUT2D eigenvalue weighted by Gasteiger charge is -2.30. The monoisotopic (exact) mass is 339 g/mol. The number of likely N-dealkylation sites (tertiary alicyclic amines) is 1. The molecule has 0 spiro atoms. The van der Waals surface area contributed by atoms with Gasteiger partial charge in [0, 0.05) is 18.9 Å². The fourth-order valence-corrected chi connectivity index (χ4v) is 3.20. The zero-order valence-electron chi connectivity index (χ0n) is 14.2. The Morgan fingerprint density at radius 2 is 1.84 bits per heavy atom. The number of esters is 1. The van der Waals surface area contributed by atoms with E-state index in [0.29, 0.717) is 6.54 Å². The molecule has 6 nitrogen and oxygen atoms in total. The first-order valence-electron chi connectivity index (χ1n) is 8.47. The molecule has 130 valence electrons. The lowest BCUT2D eigenvalue weighted by molar-refractivity contribution is 0.0593. The van der Waals surface area contributed by atoms with Gasteiger partial charge in [-0.3, -0.25) is 9.78 Å². The number of nitrogens with zero attached hydrogens (tertiary/aromatic N) is 3. The molecule has 1 amide bonds. The van der Waals surface area contributed by atoms with Gasteiger partial charge in [-0.15, -0.1) is 0 Å². The lowest BCUT2D eigenvalue weighted by Crippen LogP contribution is -2.35. The summed E-state index contributed by atoms with van der Waals surface area (Å²) in [5.74, 6) is -0.703. The summed E-state index contributed by atoms with van der Waals surface area (Å²) in [6.45, 7) is 0.677. The highest BCUT2D eigenvalue weighted by atomic mass is 16.5. The Morgan fingerprint density at radius 1 is 1.08 bits per heavy atom. The van der Waals surface area contributed by atoms with Crippen LogP contribution in [0.4, 0.5) is 0 Å². The van der Waals surface area contributed by atoms with E-state index in [1.54, 1.807) is 30.6 Å². The zero-order valence-corrected chi connectivity index (χ0v) is 14.2. The van der Waals surface area contributed by atoms with Gasteiger partial charge < -0.3 is 9.64 Å². The third-order valence-electron chi connectivity index (χ3n) is 4.47. The number of rotatable bonds is 3. The van der Waals surface area contributed by atoms with Crippen LogP contribution in [0.5, 0.6) is 0 Å². The Kier molecular flexibility index (Phi) is 5.38. The Bertz CT molecular complexity index is 749. The summed E-state index contributed by atoms with van der Waals surface area (Å²) in [6, 6.07) is 8.75. The van der Waals surface area contributed by atoms with Crippen molar-refractivity contribution in [2.75, 3.05) is 13.7 Å². The molecule has 6 heteroatoms. The van der Waals surface area contributed by atoms with Gasteiger partial charge >= 0.3 is 5.97 Å². The van der Waals surface area contributed by atoms with Crippen molar-refractivity contribution in [3.05, 3.63) is 59.7 Å². The third-order valence-corrected chi connectivity index (χ3v) is 4.47. The summed E-state index contributed by atoms with van der Waals surface area (Å²) < 4.78 is 4.69. The van der Waals surface area contributed by atoms with E-state index in [0.717, 1.165) is 31.2 Å². The van der Waals surface area contributed by atoms with Crippen LogP contribution in [-0.2, 0) is 4.74 Å². The first kappa shape index (κ1) is 17.1. The summed E-state index contributed by atoms with van der Waals surface area (Å²) in [7, 11) is 1.30. The highest BCUT2D eigenvalue weighted by molar-refractivity contribution is 5.94. The van der Waals surface area contributed by atoms with E-state index in [1.807, 2.05) is 17.0 Å². The van der Waals surface area contributed by atoms with Crippen molar-refractivity contribution >= 4 is 11.9 Å². The summed E-state index contributed by atoms with van der Waals surface area (Å²) in [6.07, 6.45) is 7.54. The molecule has 1 saturated heterocycles. The van der Waals surface area contributed by atoms with Crippen LogP contribution < -0.4 is 0 Å². The van der Waals surface area contributed by atoms with Crippen molar-refractivity contribution < 1.29 is 14.3 Å². The fourth-order valence-electron chi connectivity index (χ4n) is 3.20.